The minimum absolute atomic E-state index is 0.366. The highest BCUT2D eigenvalue weighted by atomic mass is 16.5. The molecule has 0 atom stereocenters. The Hall–Kier alpha value is -0.0800. The third-order valence-electron chi connectivity index (χ3n) is 0.990. The molecule has 0 saturated carbocycles. The summed E-state index contributed by atoms with van der Waals surface area (Å²) < 4.78 is 5.31. The average Bonchev–Trinajstić information content (AvgIpc) is 1.90. The van der Waals surface area contributed by atoms with Gasteiger partial charge in [0.25, 0.3) is 0 Å². The minimum atomic E-state index is 0.366. The first-order valence-corrected chi connectivity index (χ1v) is 4.39. The van der Waals surface area contributed by atoms with Crippen LogP contribution in [0.3, 0.4) is 0 Å². The molecule has 0 saturated heterocycles. The van der Waals surface area contributed by atoms with Crippen molar-refractivity contribution in [2.24, 2.45) is 0 Å². The van der Waals surface area contributed by atoms with Gasteiger partial charge in [0, 0.05) is 6.54 Å². The topological polar surface area (TPSA) is 12.5 Å². The van der Waals surface area contributed by atoms with Crippen LogP contribution in [-0.4, -0.2) is 38.3 Å². The van der Waals surface area contributed by atoms with Crippen molar-refractivity contribution in [3.63, 3.8) is 0 Å². The summed E-state index contributed by atoms with van der Waals surface area (Å²) >= 11 is 0. The molecule has 0 spiro atoms. The van der Waals surface area contributed by atoms with E-state index in [2.05, 4.69) is 18.7 Å². The molecule has 0 aromatic carbocycles. The smallest absolute Gasteiger partial charge is 0.0596 e. The van der Waals surface area contributed by atoms with Gasteiger partial charge in [-0.3, -0.25) is 0 Å². The maximum Gasteiger partial charge on any atom is 0.0596 e. The Morgan fingerprint density at radius 3 is 1.91 bits per heavy atom. The maximum atomic E-state index is 5.31. The second-order valence-corrected chi connectivity index (χ2v) is 2.72. The molecule has 0 aliphatic carbocycles. The zero-order valence-electron chi connectivity index (χ0n) is 8.85. The van der Waals surface area contributed by atoms with E-state index in [4.69, 9.17) is 4.74 Å². The van der Waals surface area contributed by atoms with Gasteiger partial charge in [0.15, 0.2) is 0 Å². The molecule has 11 heavy (non-hydrogen) atoms. The van der Waals surface area contributed by atoms with E-state index in [1.54, 1.807) is 0 Å². The van der Waals surface area contributed by atoms with Gasteiger partial charge in [-0.25, -0.2) is 0 Å². The van der Waals surface area contributed by atoms with Crippen molar-refractivity contribution in [2.75, 3.05) is 27.2 Å². The summed E-state index contributed by atoms with van der Waals surface area (Å²) in [5.41, 5.74) is 0. The molecule has 0 aromatic heterocycles. The van der Waals surface area contributed by atoms with Crippen LogP contribution in [0.5, 0.6) is 0 Å². The van der Waals surface area contributed by atoms with E-state index >= 15 is 0 Å². The SMILES string of the molecule is CC.CC(C)OCCN(C)C. The van der Waals surface area contributed by atoms with E-state index in [0.29, 0.717) is 6.10 Å². The van der Waals surface area contributed by atoms with Gasteiger partial charge in [-0.15, -0.1) is 0 Å². The Morgan fingerprint density at radius 2 is 1.64 bits per heavy atom. The minimum Gasteiger partial charge on any atom is -0.377 e. The fourth-order valence-electron chi connectivity index (χ4n) is 0.471. The van der Waals surface area contributed by atoms with Crippen molar-refractivity contribution in [1.29, 1.82) is 0 Å². The van der Waals surface area contributed by atoms with E-state index < -0.39 is 0 Å². The van der Waals surface area contributed by atoms with E-state index in [-0.39, 0.29) is 0 Å². The quantitative estimate of drug-likeness (QED) is 0.625. The predicted molar refractivity (Wildman–Crippen MR) is 51.0 cm³/mol. The van der Waals surface area contributed by atoms with Gasteiger partial charge in [0.05, 0.1) is 12.7 Å². The monoisotopic (exact) mass is 161 g/mol. The summed E-state index contributed by atoms with van der Waals surface area (Å²) in [5.74, 6) is 0. The normalized spacial score (nSPS) is 9.82. The molecular formula is C9H23NO. The number of hydrogen-bond acceptors (Lipinski definition) is 2. The van der Waals surface area contributed by atoms with Gasteiger partial charge >= 0.3 is 0 Å². The lowest BCUT2D eigenvalue weighted by molar-refractivity contribution is 0.0678. The van der Waals surface area contributed by atoms with E-state index in [1.807, 2.05) is 27.9 Å². The summed E-state index contributed by atoms with van der Waals surface area (Å²) in [4.78, 5) is 2.11. The van der Waals surface area contributed by atoms with Crippen LogP contribution in [0.1, 0.15) is 27.7 Å². The van der Waals surface area contributed by atoms with Gasteiger partial charge in [-0.05, 0) is 27.9 Å². The second-order valence-electron chi connectivity index (χ2n) is 2.72. The first-order valence-electron chi connectivity index (χ1n) is 4.39. The predicted octanol–water partition coefficient (Wildman–Crippen LogP) is 2.00. The Balaban J connectivity index is 0. The summed E-state index contributed by atoms with van der Waals surface area (Å²) in [6.45, 7) is 9.95. The summed E-state index contributed by atoms with van der Waals surface area (Å²) in [6, 6.07) is 0. The zero-order valence-corrected chi connectivity index (χ0v) is 8.85. The maximum absolute atomic E-state index is 5.31. The highest BCUT2D eigenvalue weighted by Crippen LogP contribution is 1.86. The van der Waals surface area contributed by atoms with Crippen molar-refractivity contribution >= 4 is 0 Å². The van der Waals surface area contributed by atoms with Crippen LogP contribution >= 0.6 is 0 Å². The average molecular weight is 161 g/mol. The summed E-state index contributed by atoms with van der Waals surface area (Å²) in [6.07, 6.45) is 0.366. The second kappa shape index (κ2) is 9.92. The Labute approximate surface area is 71.5 Å². The Kier molecular flexibility index (Phi) is 12.2. The van der Waals surface area contributed by atoms with Crippen LogP contribution in [0.2, 0.25) is 0 Å². The summed E-state index contributed by atoms with van der Waals surface area (Å²) in [7, 11) is 4.09. The molecule has 0 unspecified atom stereocenters. The molecule has 0 rings (SSSR count). The highest BCUT2D eigenvalue weighted by Gasteiger charge is 1.92. The zero-order chi connectivity index (χ0) is 9.28. The number of likely N-dealkylation sites (N-methyl/N-ethyl adjacent to an activating group) is 1. The van der Waals surface area contributed by atoms with Crippen molar-refractivity contribution in [3.05, 3.63) is 0 Å². The molecular weight excluding hydrogens is 138 g/mol. The first-order chi connectivity index (χ1) is 5.13. The van der Waals surface area contributed by atoms with Gasteiger partial charge < -0.3 is 9.64 Å². The Bertz CT molecular complexity index is 54.6. The van der Waals surface area contributed by atoms with E-state index in [1.165, 1.54) is 0 Å². The van der Waals surface area contributed by atoms with Crippen LogP contribution in [0, 0.1) is 0 Å². The van der Waals surface area contributed by atoms with Gasteiger partial charge in [-0.2, -0.15) is 0 Å². The number of rotatable bonds is 4. The first kappa shape index (κ1) is 13.5. The molecule has 2 nitrogen and oxygen atoms in total. The van der Waals surface area contributed by atoms with Crippen LogP contribution in [0.25, 0.3) is 0 Å². The molecule has 0 bridgehead atoms. The lowest BCUT2D eigenvalue weighted by atomic mass is 10.5. The fraction of sp³-hybridized carbons (Fsp3) is 1.00. The highest BCUT2D eigenvalue weighted by molar-refractivity contribution is 4.42. The van der Waals surface area contributed by atoms with Crippen LogP contribution < -0.4 is 0 Å². The molecule has 2 heteroatoms. The van der Waals surface area contributed by atoms with Crippen molar-refractivity contribution in [1.82, 2.24) is 4.90 Å². The van der Waals surface area contributed by atoms with Gasteiger partial charge in [-0.1, -0.05) is 13.8 Å². The molecule has 0 fully saturated rings. The molecule has 0 amide bonds. The summed E-state index contributed by atoms with van der Waals surface area (Å²) in [5, 5.41) is 0. The third-order valence-corrected chi connectivity index (χ3v) is 0.990. The van der Waals surface area contributed by atoms with Gasteiger partial charge in [0.2, 0.25) is 0 Å². The largest absolute Gasteiger partial charge is 0.377 e. The van der Waals surface area contributed by atoms with Crippen LogP contribution in [0.4, 0.5) is 0 Å². The third kappa shape index (κ3) is 17.8. The number of ether oxygens (including phenoxy) is 1. The van der Waals surface area contributed by atoms with Crippen LogP contribution in [-0.2, 0) is 4.74 Å². The lowest BCUT2D eigenvalue weighted by Gasteiger charge is -2.11. The molecule has 0 radical (unpaired) electrons. The molecule has 70 valence electrons. The molecule has 0 aromatic rings. The fourth-order valence-corrected chi connectivity index (χ4v) is 0.471. The van der Waals surface area contributed by atoms with Crippen molar-refractivity contribution < 1.29 is 4.74 Å². The van der Waals surface area contributed by atoms with Crippen LogP contribution in [0.15, 0.2) is 0 Å². The standard InChI is InChI=1S/C7H17NO.C2H6/c1-7(2)9-6-5-8(3)4;1-2/h7H,5-6H2,1-4H3;1-2H3. The Morgan fingerprint density at radius 1 is 1.18 bits per heavy atom. The van der Waals surface area contributed by atoms with E-state index in [9.17, 15) is 0 Å². The van der Waals surface area contributed by atoms with Crippen molar-refractivity contribution in [3.8, 4) is 0 Å². The van der Waals surface area contributed by atoms with Gasteiger partial charge in [0.1, 0.15) is 0 Å². The lowest BCUT2D eigenvalue weighted by Crippen LogP contribution is -2.19. The number of hydrogen-bond donors (Lipinski definition) is 0. The molecule has 0 heterocycles. The molecule has 0 N–H and O–H groups in total. The molecule has 0 aliphatic rings. The van der Waals surface area contributed by atoms with E-state index in [0.717, 1.165) is 13.2 Å². The van der Waals surface area contributed by atoms with Crippen molar-refractivity contribution in [2.45, 2.75) is 33.8 Å². The number of nitrogens with zero attached hydrogens (tertiary/aromatic N) is 1. The molecule has 0 aliphatic heterocycles.